The molecule has 2 N–H and O–H groups in total. The van der Waals surface area contributed by atoms with Crippen LogP contribution in [0, 0.1) is 0 Å². The van der Waals surface area contributed by atoms with Crippen LogP contribution in [0.2, 0.25) is 0 Å². The largest absolute Gasteiger partial charge is 0.496 e. The van der Waals surface area contributed by atoms with Crippen molar-refractivity contribution in [3.63, 3.8) is 0 Å². The average Bonchev–Trinajstić information content (AvgIpc) is 2.28. The molecule has 0 spiro atoms. The molecule has 0 heterocycles. The van der Waals surface area contributed by atoms with Crippen molar-refractivity contribution >= 4 is 17.2 Å². The van der Waals surface area contributed by atoms with Crippen LogP contribution in [0.4, 0.5) is 0 Å². The van der Waals surface area contributed by atoms with Crippen molar-refractivity contribution in [2.75, 3.05) is 20.7 Å². The molecule has 0 aliphatic rings. The number of nitrogens with two attached hydrogens (primary N) is 1. The first-order chi connectivity index (χ1) is 7.58. The highest BCUT2D eigenvalue weighted by Crippen LogP contribution is 2.20. The maximum Gasteiger partial charge on any atom is 0.129 e. The standard InChI is InChI=1S/C12H18N2OS/c1-4-14(2)8-9-5-6-11(15-3)10(7-9)12(13)16/h5-7H,4,8H2,1-3H3,(H2,13,16). The summed E-state index contributed by atoms with van der Waals surface area (Å²) in [7, 11) is 3.69. The van der Waals surface area contributed by atoms with E-state index in [4.69, 9.17) is 22.7 Å². The zero-order valence-electron chi connectivity index (χ0n) is 9.99. The van der Waals surface area contributed by atoms with Gasteiger partial charge in [-0.2, -0.15) is 0 Å². The predicted octanol–water partition coefficient (Wildman–Crippen LogP) is 1.78. The van der Waals surface area contributed by atoms with E-state index in [1.165, 1.54) is 5.56 Å². The Morgan fingerprint density at radius 2 is 2.19 bits per heavy atom. The second-order valence-corrected chi connectivity index (χ2v) is 4.17. The molecule has 1 aromatic carbocycles. The summed E-state index contributed by atoms with van der Waals surface area (Å²) in [5, 5.41) is 0. The van der Waals surface area contributed by atoms with Crippen molar-refractivity contribution in [3.05, 3.63) is 29.3 Å². The summed E-state index contributed by atoms with van der Waals surface area (Å²) in [4.78, 5) is 2.59. The Labute approximate surface area is 102 Å². The lowest BCUT2D eigenvalue weighted by Crippen LogP contribution is -2.18. The molecule has 0 radical (unpaired) electrons. The predicted molar refractivity (Wildman–Crippen MR) is 70.9 cm³/mol. The third-order valence-corrected chi connectivity index (χ3v) is 2.74. The van der Waals surface area contributed by atoms with Crippen LogP contribution in [0.15, 0.2) is 18.2 Å². The first kappa shape index (κ1) is 12.9. The van der Waals surface area contributed by atoms with E-state index in [1.54, 1.807) is 7.11 Å². The molecule has 0 saturated heterocycles. The van der Waals surface area contributed by atoms with Gasteiger partial charge in [-0.3, -0.25) is 0 Å². The van der Waals surface area contributed by atoms with Crippen molar-refractivity contribution in [2.45, 2.75) is 13.5 Å². The van der Waals surface area contributed by atoms with Crippen molar-refractivity contribution < 1.29 is 4.74 Å². The summed E-state index contributed by atoms with van der Waals surface area (Å²) < 4.78 is 5.21. The van der Waals surface area contributed by atoms with E-state index in [0.29, 0.717) is 4.99 Å². The molecule has 0 unspecified atom stereocenters. The normalized spacial score (nSPS) is 10.5. The van der Waals surface area contributed by atoms with E-state index in [1.807, 2.05) is 18.2 Å². The lowest BCUT2D eigenvalue weighted by Gasteiger charge is -2.15. The minimum Gasteiger partial charge on any atom is -0.496 e. The van der Waals surface area contributed by atoms with Crippen LogP contribution < -0.4 is 10.5 Å². The van der Waals surface area contributed by atoms with Crippen LogP contribution in [0.25, 0.3) is 0 Å². The van der Waals surface area contributed by atoms with Crippen molar-refractivity contribution in [1.82, 2.24) is 4.90 Å². The molecule has 0 aliphatic heterocycles. The molecule has 3 nitrogen and oxygen atoms in total. The Bertz CT molecular complexity index is 379. The first-order valence-electron chi connectivity index (χ1n) is 5.23. The molecule has 88 valence electrons. The van der Waals surface area contributed by atoms with Gasteiger partial charge in [0.1, 0.15) is 10.7 Å². The molecule has 0 saturated carbocycles. The van der Waals surface area contributed by atoms with Gasteiger partial charge >= 0.3 is 0 Å². The SMILES string of the molecule is CCN(C)Cc1ccc(OC)c(C(N)=S)c1. The molecule has 16 heavy (non-hydrogen) atoms. The number of methoxy groups -OCH3 is 1. The molecule has 1 aromatic rings. The van der Waals surface area contributed by atoms with Crippen LogP contribution in [-0.2, 0) is 6.54 Å². The van der Waals surface area contributed by atoms with E-state index < -0.39 is 0 Å². The number of hydrogen-bond donors (Lipinski definition) is 1. The quantitative estimate of drug-likeness (QED) is 0.794. The highest BCUT2D eigenvalue weighted by Gasteiger charge is 2.07. The minimum absolute atomic E-state index is 0.373. The molecule has 0 aromatic heterocycles. The lowest BCUT2D eigenvalue weighted by atomic mass is 10.1. The molecule has 0 amide bonds. The number of nitrogens with zero attached hydrogens (tertiary/aromatic N) is 1. The van der Waals surface area contributed by atoms with Crippen LogP contribution >= 0.6 is 12.2 Å². The van der Waals surface area contributed by atoms with E-state index in [2.05, 4.69) is 18.9 Å². The van der Waals surface area contributed by atoms with Crippen molar-refractivity contribution in [2.24, 2.45) is 5.73 Å². The Morgan fingerprint density at radius 3 is 2.69 bits per heavy atom. The molecule has 0 aliphatic carbocycles. The highest BCUT2D eigenvalue weighted by atomic mass is 32.1. The fourth-order valence-corrected chi connectivity index (χ4v) is 1.63. The summed E-state index contributed by atoms with van der Waals surface area (Å²) in [5.74, 6) is 0.732. The van der Waals surface area contributed by atoms with Crippen molar-refractivity contribution in [3.8, 4) is 5.75 Å². The van der Waals surface area contributed by atoms with E-state index in [-0.39, 0.29) is 0 Å². The third-order valence-electron chi connectivity index (χ3n) is 2.52. The van der Waals surface area contributed by atoms with Gasteiger partial charge in [-0.15, -0.1) is 0 Å². The zero-order chi connectivity index (χ0) is 12.1. The monoisotopic (exact) mass is 238 g/mol. The van der Waals surface area contributed by atoms with Gasteiger partial charge in [0.2, 0.25) is 0 Å². The zero-order valence-corrected chi connectivity index (χ0v) is 10.8. The molecule has 0 atom stereocenters. The summed E-state index contributed by atoms with van der Waals surface area (Å²) >= 11 is 5.00. The van der Waals surface area contributed by atoms with Crippen LogP contribution in [0.5, 0.6) is 5.75 Å². The molecule has 0 fully saturated rings. The average molecular weight is 238 g/mol. The Kier molecular flexibility index (Phi) is 4.71. The van der Waals surface area contributed by atoms with Gasteiger partial charge in [0, 0.05) is 6.54 Å². The van der Waals surface area contributed by atoms with Gasteiger partial charge in [-0.25, -0.2) is 0 Å². The highest BCUT2D eigenvalue weighted by molar-refractivity contribution is 7.80. The van der Waals surface area contributed by atoms with Crippen LogP contribution in [0.3, 0.4) is 0 Å². The Morgan fingerprint density at radius 1 is 1.50 bits per heavy atom. The Hall–Kier alpha value is -1.13. The fraction of sp³-hybridized carbons (Fsp3) is 0.417. The number of hydrogen-bond acceptors (Lipinski definition) is 3. The van der Waals surface area contributed by atoms with Crippen molar-refractivity contribution in [1.29, 1.82) is 0 Å². The topological polar surface area (TPSA) is 38.5 Å². The van der Waals surface area contributed by atoms with E-state index in [9.17, 15) is 0 Å². The summed E-state index contributed by atoms with van der Waals surface area (Å²) in [6.07, 6.45) is 0. The van der Waals surface area contributed by atoms with Gasteiger partial charge in [0.05, 0.1) is 12.7 Å². The van der Waals surface area contributed by atoms with E-state index in [0.717, 1.165) is 24.4 Å². The van der Waals surface area contributed by atoms with Gasteiger partial charge in [-0.05, 0) is 31.3 Å². The molecular formula is C12H18N2OS. The van der Waals surface area contributed by atoms with Crippen LogP contribution in [-0.4, -0.2) is 30.6 Å². The fourth-order valence-electron chi connectivity index (χ4n) is 1.47. The van der Waals surface area contributed by atoms with Gasteiger partial charge < -0.3 is 15.4 Å². The summed E-state index contributed by atoms with van der Waals surface area (Å²) in [6, 6.07) is 5.94. The second kappa shape index (κ2) is 5.82. The molecule has 0 bridgehead atoms. The number of thiocarbonyl (C=S) groups is 1. The third kappa shape index (κ3) is 3.18. The van der Waals surface area contributed by atoms with E-state index >= 15 is 0 Å². The van der Waals surface area contributed by atoms with Gasteiger partial charge in [0.25, 0.3) is 0 Å². The maximum absolute atomic E-state index is 5.66. The first-order valence-corrected chi connectivity index (χ1v) is 5.64. The number of benzene rings is 1. The number of ether oxygens (including phenoxy) is 1. The lowest BCUT2D eigenvalue weighted by molar-refractivity contribution is 0.345. The molecular weight excluding hydrogens is 220 g/mol. The summed E-state index contributed by atoms with van der Waals surface area (Å²) in [6.45, 7) is 4.02. The molecule has 4 heteroatoms. The van der Waals surface area contributed by atoms with Crippen LogP contribution in [0.1, 0.15) is 18.1 Å². The minimum atomic E-state index is 0.373. The Balaban J connectivity index is 2.97. The summed E-state index contributed by atoms with van der Waals surface area (Å²) in [5.41, 5.74) is 7.65. The maximum atomic E-state index is 5.66. The molecule has 1 rings (SSSR count). The van der Waals surface area contributed by atoms with Gasteiger partial charge in [-0.1, -0.05) is 25.2 Å². The van der Waals surface area contributed by atoms with Gasteiger partial charge in [0.15, 0.2) is 0 Å². The second-order valence-electron chi connectivity index (χ2n) is 3.73. The smallest absolute Gasteiger partial charge is 0.129 e. The number of rotatable bonds is 5.